The highest BCUT2D eigenvalue weighted by atomic mass is 16.4. The van der Waals surface area contributed by atoms with Crippen LogP contribution in [0.1, 0.15) is 36.2 Å². The molecule has 7 heteroatoms. The topological polar surface area (TPSA) is 108 Å². The van der Waals surface area contributed by atoms with Gasteiger partial charge in [0.1, 0.15) is 0 Å². The molecule has 4 N–H and O–H groups in total. The lowest BCUT2D eigenvalue weighted by atomic mass is 10.1. The van der Waals surface area contributed by atoms with E-state index in [0.717, 1.165) is 5.56 Å². The molecule has 0 heterocycles. The number of urea groups is 1. The molecule has 0 atom stereocenters. The molecular formula is C15H21N3O4. The third kappa shape index (κ3) is 5.82. The summed E-state index contributed by atoms with van der Waals surface area (Å²) in [6.07, 6.45) is -0.149. The van der Waals surface area contributed by atoms with Gasteiger partial charge in [0, 0.05) is 23.8 Å². The number of nitrogens with one attached hydrogen (secondary N) is 3. The molecule has 1 rings (SSSR count). The third-order valence-electron chi connectivity index (χ3n) is 2.78. The van der Waals surface area contributed by atoms with Gasteiger partial charge in [-0.2, -0.15) is 0 Å². The maximum Gasteiger partial charge on any atom is 0.319 e. The Morgan fingerprint density at radius 3 is 2.50 bits per heavy atom. The van der Waals surface area contributed by atoms with E-state index in [1.807, 2.05) is 20.8 Å². The van der Waals surface area contributed by atoms with Crippen molar-refractivity contribution >= 4 is 23.6 Å². The normalized spacial score (nSPS) is 10.2. The summed E-state index contributed by atoms with van der Waals surface area (Å²) in [5.41, 5.74) is 1.75. The average Bonchev–Trinajstić information content (AvgIpc) is 2.39. The van der Waals surface area contributed by atoms with Gasteiger partial charge in [0.05, 0.1) is 6.42 Å². The van der Waals surface area contributed by atoms with Crippen LogP contribution in [0.2, 0.25) is 0 Å². The maximum absolute atomic E-state index is 12.1. The zero-order valence-electron chi connectivity index (χ0n) is 12.9. The lowest BCUT2D eigenvalue weighted by Crippen LogP contribution is -2.32. The van der Waals surface area contributed by atoms with Crippen molar-refractivity contribution in [3.63, 3.8) is 0 Å². The highest BCUT2D eigenvalue weighted by Gasteiger charge is 2.12. The van der Waals surface area contributed by atoms with E-state index in [9.17, 15) is 14.4 Å². The fourth-order valence-electron chi connectivity index (χ4n) is 1.74. The first-order chi connectivity index (χ1) is 10.3. The van der Waals surface area contributed by atoms with Crippen LogP contribution in [0.4, 0.5) is 10.5 Å². The van der Waals surface area contributed by atoms with E-state index >= 15 is 0 Å². The number of carbonyl (C=O) groups is 3. The zero-order chi connectivity index (χ0) is 16.7. The van der Waals surface area contributed by atoms with Crippen molar-refractivity contribution in [1.29, 1.82) is 0 Å². The number of carboxylic acids is 1. The van der Waals surface area contributed by atoms with Crippen molar-refractivity contribution in [3.05, 3.63) is 29.3 Å². The highest BCUT2D eigenvalue weighted by Crippen LogP contribution is 2.15. The number of aliphatic carboxylic acids is 1. The molecule has 120 valence electrons. The number of carboxylic acid groups (broad SMARTS) is 1. The fourth-order valence-corrected chi connectivity index (χ4v) is 1.74. The monoisotopic (exact) mass is 307 g/mol. The molecule has 0 radical (unpaired) electrons. The van der Waals surface area contributed by atoms with Gasteiger partial charge in [0.15, 0.2) is 0 Å². The van der Waals surface area contributed by atoms with Crippen molar-refractivity contribution in [2.75, 3.05) is 11.9 Å². The van der Waals surface area contributed by atoms with Crippen LogP contribution in [0.25, 0.3) is 0 Å². The first kappa shape index (κ1) is 17.5. The summed E-state index contributed by atoms with van der Waals surface area (Å²) >= 11 is 0. The number of carbonyl (C=O) groups excluding carboxylic acids is 2. The summed E-state index contributed by atoms with van der Waals surface area (Å²) in [7, 11) is 0. The second-order valence-electron chi connectivity index (χ2n) is 5.18. The molecule has 0 aliphatic carbocycles. The van der Waals surface area contributed by atoms with E-state index in [4.69, 9.17) is 5.11 Å². The average molecular weight is 307 g/mol. The van der Waals surface area contributed by atoms with E-state index < -0.39 is 12.0 Å². The van der Waals surface area contributed by atoms with Crippen LogP contribution >= 0.6 is 0 Å². The second kappa shape index (κ2) is 8.02. The molecular weight excluding hydrogens is 286 g/mol. The van der Waals surface area contributed by atoms with Gasteiger partial charge < -0.3 is 21.1 Å². The lowest BCUT2D eigenvalue weighted by molar-refractivity contribution is -0.136. The molecule has 0 aromatic heterocycles. The van der Waals surface area contributed by atoms with Crippen molar-refractivity contribution < 1.29 is 19.5 Å². The smallest absolute Gasteiger partial charge is 0.319 e. The molecule has 0 bridgehead atoms. The van der Waals surface area contributed by atoms with Gasteiger partial charge >= 0.3 is 12.0 Å². The molecule has 0 saturated carbocycles. The molecule has 0 fully saturated rings. The SMILES string of the molecule is Cc1ccc(NC(=O)NCCC(=O)O)cc1C(=O)NC(C)C. The number of aryl methyl sites for hydroxylation is 1. The number of amides is 3. The molecule has 0 saturated heterocycles. The summed E-state index contributed by atoms with van der Waals surface area (Å²) in [6, 6.07) is 4.51. The van der Waals surface area contributed by atoms with Gasteiger partial charge in [0.25, 0.3) is 5.91 Å². The number of rotatable bonds is 6. The molecule has 3 amide bonds. The van der Waals surface area contributed by atoms with Crippen LogP contribution < -0.4 is 16.0 Å². The van der Waals surface area contributed by atoms with Crippen molar-refractivity contribution in [2.24, 2.45) is 0 Å². The minimum atomic E-state index is -0.983. The van der Waals surface area contributed by atoms with Gasteiger partial charge in [0.2, 0.25) is 0 Å². The Labute approximate surface area is 129 Å². The number of anilines is 1. The van der Waals surface area contributed by atoms with Gasteiger partial charge in [-0.25, -0.2) is 4.79 Å². The van der Waals surface area contributed by atoms with Crippen LogP contribution in [0.5, 0.6) is 0 Å². The van der Waals surface area contributed by atoms with Crippen LogP contribution in [-0.4, -0.2) is 35.6 Å². The summed E-state index contributed by atoms with van der Waals surface area (Å²) in [5, 5.41) is 16.3. The van der Waals surface area contributed by atoms with E-state index in [1.54, 1.807) is 18.2 Å². The number of benzene rings is 1. The van der Waals surface area contributed by atoms with Crippen molar-refractivity contribution in [3.8, 4) is 0 Å². The molecule has 0 unspecified atom stereocenters. The molecule has 22 heavy (non-hydrogen) atoms. The van der Waals surface area contributed by atoms with Crippen molar-refractivity contribution in [2.45, 2.75) is 33.2 Å². The summed E-state index contributed by atoms with van der Waals surface area (Å²) in [6.45, 7) is 5.58. The minimum absolute atomic E-state index is 0.0165. The Balaban J connectivity index is 2.70. The molecule has 0 aliphatic rings. The first-order valence-corrected chi connectivity index (χ1v) is 6.97. The van der Waals surface area contributed by atoms with E-state index in [0.29, 0.717) is 11.3 Å². The zero-order valence-corrected chi connectivity index (χ0v) is 12.9. The lowest BCUT2D eigenvalue weighted by Gasteiger charge is -2.12. The predicted octanol–water partition coefficient (Wildman–Crippen LogP) is 1.73. The summed E-state index contributed by atoms with van der Waals surface area (Å²) < 4.78 is 0. The number of hydrogen-bond acceptors (Lipinski definition) is 3. The minimum Gasteiger partial charge on any atom is -0.481 e. The van der Waals surface area contributed by atoms with Gasteiger partial charge in [-0.15, -0.1) is 0 Å². The molecule has 1 aromatic rings. The van der Waals surface area contributed by atoms with E-state index in [2.05, 4.69) is 16.0 Å². The first-order valence-electron chi connectivity index (χ1n) is 6.97. The van der Waals surface area contributed by atoms with Gasteiger partial charge in [-0.3, -0.25) is 9.59 Å². The summed E-state index contributed by atoms with van der Waals surface area (Å²) in [5.74, 6) is -1.19. The Kier molecular flexibility index (Phi) is 6.37. The van der Waals surface area contributed by atoms with Gasteiger partial charge in [-0.05, 0) is 38.5 Å². The molecule has 0 aliphatic heterocycles. The van der Waals surface area contributed by atoms with Crippen LogP contribution in [-0.2, 0) is 4.79 Å². The Morgan fingerprint density at radius 1 is 1.23 bits per heavy atom. The maximum atomic E-state index is 12.1. The second-order valence-corrected chi connectivity index (χ2v) is 5.18. The van der Waals surface area contributed by atoms with Crippen molar-refractivity contribution in [1.82, 2.24) is 10.6 Å². The fraction of sp³-hybridized carbons (Fsp3) is 0.400. The van der Waals surface area contributed by atoms with Gasteiger partial charge in [-0.1, -0.05) is 6.07 Å². The molecule has 7 nitrogen and oxygen atoms in total. The Morgan fingerprint density at radius 2 is 1.91 bits per heavy atom. The van der Waals surface area contributed by atoms with E-state index in [-0.39, 0.29) is 24.9 Å². The Bertz CT molecular complexity index is 570. The van der Waals surface area contributed by atoms with E-state index in [1.165, 1.54) is 0 Å². The molecule has 1 aromatic carbocycles. The summed E-state index contributed by atoms with van der Waals surface area (Å²) in [4.78, 5) is 34.0. The van der Waals surface area contributed by atoms with Crippen LogP contribution in [0.3, 0.4) is 0 Å². The van der Waals surface area contributed by atoms with Crippen LogP contribution in [0.15, 0.2) is 18.2 Å². The largest absolute Gasteiger partial charge is 0.481 e. The van der Waals surface area contributed by atoms with Crippen LogP contribution in [0, 0.1) is 6.92 Å². The number of hydrogen-bond donors (Lipinski definition) is 4. The predicted molar refractivity (Wildman–Crippen MR) is 83.1 cm³/mol. The molecule has 0 spiro atoms. The Hall–Kier alpha value is -2.57. The quantitative estimate of drug-likeness (QED) is 0.642. The standard InChI is InChI=1S/C15H21N3O4/c1-9(2)17-14(21)12-8-11(5-4-10(12)3)18-15(22)16-7-6-13(19)20/h4-5,8-9H,6-7H2,1-3H3,(H,17,21)(H,19,20)(H2,16,18,22). The third-order valence-corrected chi connectivity index (χ3v) is 2.78. The highest BCUT2D eigenvalue weighted by molar-refractivity contribution is 5.98.